The third-order valence-electron chi connectivity index (χ3n) is 3.85. The summed E-state index contributed by atoms with van der Waals surface area (Å²) < 4.78 is 0. The molecule has 4 nitrogen and oxygen atoms in total. The molecule has 114 valence electrons. The van der Waals surface area contributed by atoms with Gasteiger partial charge in [-0.05, 0) is 51.7 Å². The van der Waals surface area contributed by atoms with Gasteiger partial charge in [0.05, 0.1) is 6.54 Å². The van der Waals surface area contributed by atoms with Gasteiger partial charge in [0.15, 0.2) is 0 Å². The molecule has 19 heavy (non-hydrogen) atoms. The molecule has 1 aliphatic rings. The normalized spacial score (nSPS) is 21.8. The number of carbonyl (C=O) groups is 1. The van der Waals surface area contributed by atoms with Crippen LogP contribution in [-0.4, -0.2) is 50.1 Å². The minimum absolute atomic E-state index is 0. The van der Waals surface area contributed by atoms with Crippen LogP contribution in [0.2, 0.25) is 0 Å². The number of carbonyl (C=O) groups excluding carboxylic acids is 1. The number of hydrogen-bond acceptors (Lipinski definition) is 3. The quantitative estimate of drug-likeness (QED) is 0.779. The average Bonchev–Trinajstić information content (AvgIpc) is 2.29. The van der Waals surface area contributed by atoms with Crippen LogP contribution in [0.3, 0.4) is 0 Å². The van der Waals surface area contributed by atoms with Crippen LogP contribution in [0.25, 0.3) is 0 Å². The predicted molar refractivity (Wildman–Crippen MR) is 82.8 cm³/mol. The van der Waals surface area contributed by atoms with Crippen molar-refractivity contribution in [3.8, 4) is 0 Å². The van der Waals surface area contributed by atoms with Crippen LogP contribution < -0.4 is 10.6 Å². The van der Waals surface area contributed by atoms with E-state index in [0.29, 0.717) is 18.4 Å². The lowest BCUT2D eigenvalue weighted by molar-refractivity contribution is -0.123. The third-order valence-corrected chi connectivity index (χ3v) is 3.85. The Morgan fingerprint density at radius 1 is 1.37 bits per heavy atom. The van der Waals surface area contributed by atoms with Gasteiger partial charge in [-0.25, -0.2) is 0 Å². The minimum Gasteiger partial charge on any atom is -0.352 e. The number of nitrogens with one attached hydrogen (secondary N) is 2. The molecule has 1 amide bonds. The summed E-state index contributed by atoms with van der Waals surface area (Å²) in [6.07, 6.45) is 2.49. The highest BCUT2D eigenvalue weighted by atomic mass is 35.5. The fourth-order valence-electron chi connectivity index (χ4n) is 2.42. The number of halogens is 1. The van der Waals surface area contributed by atoms with Crippen LogP contribution in [0.4, 0.5) is 0 Å². The van der Waals surface area contributed by atoms with Gasteiger partial charge in [-0.3, -0.25) is 9.69 Å². The molecular formula is C14H30ClN3O. The predicted octanol–water partition coefficient (Wildman–Crippen LogP) is 1.50. The Morgan fingerprint density at radius 2 is 2.05 bits per heavy atom. The Kier molecular flexibility index (Phi) is 9.40. The summed E-state index contributed by atoms with van der Waals surface area (Å²) in [5.74, 6) is 1.35. The molecule has 0 aliphatic carbocycles. The standard InChI is InChI=1S/C14H29N3O.ClH/c1-11(2)12(3)16-14(18)10-17-7-5-6-13(9-17)8-15-4;/h11-13,15H,5-10H2,1-4H3,(H,16,18);1H. The number of likely N-dealkylation sites (tertiary alicyclic amines) is 1. The van der Waals surface area contributed by atoms with Crippen molar-refractivity contribution in [2.45, 2.75) is 39.7 Å². The van der Waals surface area contributed by atoms with Gasteiger partial charge >= 0.3 is 0 Å². The van der Waals surface area contributed by atoms with Gasteiger partial charge in [0.25, 0.3) is 0 Å². The van der Waals surface area contributed by atoms with Crippen molar-refractivity contribution >= 4 is 18.3 Å². The summed E-state index contributed by atoms with van der Waals surface area (Å²) in [5.41, 5.74) is 0. The topological polar surface area (TPSA) is 44.4 Å². The molecule has 0 radical (unpaired) electrons. The van der Waals surface area contributed by atoms with Crippen LogP contribution in [0.1, 0.15) is 33.6 Å². The number of hydrogen-bond donors (Lipinski definition) is 2. The number of piperidine rings is 1. The molecule has 1 rings (SSSR count). The average molecular weight is 292 g/mol. The van der Waals surface area contributed by atoms with Crippen molar-refractivity contribution in [1.82, 2.24) is 15.5 Å². The molecule has 0 aromatic heterocycles. The highest BCUT2D eigenvalue weighted by molar-refractivity contribution is 5.85. The molecule has 0 spiro atoms. The van der Waals surface area contributed by atoms with Crippen LogP contribution in [0.5, 0.6) is 0 Å². The zero-order valence-corrected chi connectivity index (χ0v) is 13.6. The molecular weight excluding hydrogens is 262 g/mol. The van der Waals surface area contributed by atoms with Gasteiger partial charge in [0.2, 0.25) is 5.91 Å². The number of amides is 1. The SMILES string of the molecule is CNCC1CCCN(CC(=O)NC(C)C(C)C)C1.Cl. The van der Waals surface area contributed by atoms with Crippen molar-refractivity contribution in [1.29, 1.82) is 0 Å². The van der Waals surface area contributed by atoms with Gasteiger partial charge in [0, 0.05) is 12.6 Å². The Morgan fingerprint density at radius 3 is 2.63 bits per heavy atom. The van der Waals surface area contributed by atoms with Gasteiger partial charge < -0.3 is 10.6 Å². The lowest BCUT2D eigenvalue weighted by Gasteiger charge is -2.32. The smallest absolute Gasteiger partial charge is 0.234 e. The summed E-state index contributed by atoms with van der Waals surface area (Å²) in [5, 5.41) is 6.31. The van der Waals surface area contributed by atoms with Crippen molar-refractivity contribution < 1.29 is 4.79 Å². The van der Waals surface area contributed by atoms with Gasteiger partial charge in [-0.15, -0.1) is 12.4 Å². The van der Waals surface area contributed by atoms with E-state index < -0.39 is 0 Å². The van der Waals surface area contributed by atoms with Crippen LogP contribution in [0, 0.1) is 11.8 Å². The fourth-order valence-corrected chi connectivity index (χ4v) is 2.42. The lowest BCUT2D eigenvalue weighted by Crippen LogP contribution is -2.46. The van der Waals surface area contributed by atoms with Gasteiger partial charge in [0.1, 0.15) is 0 Å². The van der Waals surface area contributed by atoms with Crippen molar-refractivity contribution in [3.05, 3.63) is 0 Å². The minimum atomic E-state index is 0. The van der Waals surface area contributed by atoms with Crippen LogP contribution >= 0.6 is 12.4 Å². The van der Waals surface area contributed by atoms with Crippen molar-refractivity contribution in [2.24, 2.45) is 11.8 Å². The number of rotatable bonds is 6. The maximum absolute atomic E-state index is 11.9. The third kappa shape index (κ3) is 7.14. The van der Waals surface area contributed by atoms with E-state index in [-0.39, 0.29) is 24.4 Å². The van der Waals surface area contributed by atoms with E-state index in [1.807, 2.05) is 7.05 Å². The second-order valence-electron chi connectivity index (χ2n) is 5.90. The summed E-state index contributed by atoms with van der Waals surface area (Å²) in [6, 6.07) is 0.260. The molecule has 1 fully saturated rings. The van der Waals surface area contributed by atoms with E-state index in [1.54, 1.807) is 0 Å². The molecule has 1 aliphatic heterocycles. The van der Waals surface area contributed by atoms with Crippen LogP contribution in [0.15, 0.2) is 0 Å². The van der Waals surface area contributed by atoms with Crippen LogP contribution in [-0.2, 0) is 4.79 Å². The van der Waals surface area contributed by atoms with E-state index in [1.165, 1.54) is 12.8 Å². The monoisotopic (exact) mass is 291 g/mol. The molecule has 0 aromatic carbocycles. The molecule has 1 saturated heterocycles. The highest BCUT2D eigenvalue weighted by Crippen LogP contribution is 2.15. The molecule has 0 saturated carbocycles. The van der Waals surface area contributed by atoms with E-state index >= 15 is 0 Å². The summed E-state index contributed by atoms with van der Waals surface area (Å²) in [6.45, 7) is 10.1. The fraction of sp³-hybridized carbons (Fsp3) is 0.929. The first-order valence-corrected chi connectivity index (χ1v) is 7.19. The van der Waals surface area contributed by atoms with Crippen molar-refractivity contribution in [3.63, 3.8) is 0 Å². The summed E-state index contributed by atoms with van der Waals surface area (Å²) >= 11 is 0. The maximum Gasteiger partial charge on any atom is 0.234 e. The van der Waals surface area contributed by atoms with Gasteiger partial charge in [-0.2, -0.15) is 0 Å². The van der Waals surface area contributed by atoms with E-state index in [9.17, 15) is 4.79 Å². The van der Waals surface area contributed by atoms with E-state index in [0.717, 1.165) is 19.6 Å². The number of nitrogens with zero attached hydrogens (tertiary/aromatic N) is 1. The first-order chi connectivity index (χ1) is 8.52. The Labute approximate surface area is 124 Å². The molecule has 2 N–H and O–H groups in total. The highest BCUT2D eigenvalue weighted by Gasteiger charge is 2.21. The Hall–Kier alpha value is -0.320. The molecule has 0 bridgehead atoms. The maximum atomic E-state index is 11.9. The molecule has 2 unspecified atom stereocenters. The first-order valence-electron chi connectivity index (χ1n) is 7.19. The second kappa shape index (κ2) is 9.56. The molecule has 5 heteroatoms. The van der Waals surface area contributed by atoms with E-state index in [2.05, 4.69) is 36.3 Å². The zero-order valence-electron chi connectivity index (χ0n) is 12.7. The Bertz CT molecular complexity index is 259. The Balaban J connectivity index is 0.00000324. The first kappa shape index (κ1) is 18.7. The van der Waals surface area contributed by atoms with Crippen molar-refractivity contribution in [2.75, 3.05) is 33.2 Å². The van der Waals surface area contributed by atoms with E-state index in [4.69, 9.17) is 0 Å². The summed E-state index contributed by atoms with van der Waals surface area (Å²) in [7, 11) is 2.00. The molecule has 0 aromatic rings. The molecule has 2 atom stereocenters. The largest absolute Gasteiger partial charge is 0.352 e. The molecule has 1 heterocycles. The second-order valence-corrected chi connectivity index (χ2v) is 5.90. The lowest BCUT2D eigenvalue weighted by atomic mass is 9.98. The van der Waals surface area contributed by atoms with Gasteiger partial charge in [-0.1, -0.05) is 13.8 Å². The zero-order chi connectivity index (χ0) is 13.5. The summed E-state index contributed by atoms with van der Waals surface area (Å²) in [4.78, 5) is 14.2.